The molecule has 0 unspecified atom stereocenters. The van der Waals surface area contributed by atoms with E-state index >= 15 is 0 Å². The first kappa shape index (κ1) is 11.9. The first-order chi connectivity index (χ1) is 7.43. The smallest absolute Gasteiger partial charge is 0.328 e. The number of carboxylic acid groups (broad SMARTS) is 1. The van der Waals surface area contributed by atoms with Gasteiger partial charge in [0.15, 0.2) is 0 Å². The van der Waals surface area contributed by atoms with E-state index in [9.17, 15) is 14.9 Å². The molecule has 0 bridgehead atoms. The molecule has 16 heavy (non-hydrogen) atoms. The highest BCUT2D eigenvalue weighted by atomic mass is 16.6. The second kappa shape index (κ2) is 4.57. The number of aliphatic carboxylic acids is 1. The van der Waals surface area contributed by atoms with E-state index in [1.165, 1.54) is 6.08 Å². The van der Waals surface area contributed by atoms with Gasteiger partial charge in [0, 0.05) is 17.2 Å². The SMILES string of the molecule is Cc1ccc(/C=C/C(=O)O)c(C)c1[N+](=O)[O-]. The molecule has 0 aliphatic heterocycles. The molecule has 0 heterocycles. The number of carbonyl (C=O) groups is 1. The Morgan fingerprint density at radius 1 is 1.44 bits per heavy atom. The van der Waals surface area contributed by atoms with Crippen LogP contribution in [-0.2, 0) is 4.79 Å². The van der Waals surface area contributed by atoms with Gasteiger partial charge in [-0.05, 0) is 25.5 Å². The lowest BCUT2D eigenvalue weighted by atomic mass is 10.0. The molecule has 0 atom stereocenters. The standard InChI is InChI=1S/C11H11NO4/c1-7-3-4-9(5-6-10(13)14)8(2)11(7)12(15)16/h3-6H,1-2H3,(H,13,14)/b6-5+. The summed E-state index contributed by atoms with van der Waals surface area (Å²) in [7, 11) is 0. The Kier molecular flexibility index (Phi) is 3.40. The number of rotatable bonds is 3. The van der Waals surface area contributed by atoms with Gasteiger partial charge in [-0.3, -0.25) is 10.1 Å². The lowest BCUT2D eigenvalue weighted by Crippen LogP contribution is -1.97. The third-order valence-electron chi connectivity index (χ3n) is 2.26. The second-order valence-corrected chi connectivity index (χ2v) is 3.37. The van der Waals surface area contributed by atoms with Crippen molar-refractivity contribution in [2.75, 3.05) is 0 Å². The molecule has 0 spiro atoms. The summed E-state index contributed by atoms with van der Waals surface area (Å²) in [5.41, 5.74) is 1.62. The summed E-state index contributed by atoms with van der Waals surface area (Å²) >= 11 is 0. The van der Waals surface area contributed by atoms with Crippen LogP contribution in [0.25, 0.3) is 6.08 Å². The van der Waals surface area contributed by atoms with Crippen molar-refractivity contribution in [2.45, 2.75) is 13.8 Å². The van der Waals surface area contributed by atoms with Crippen molar-refractivity contribution in [3.63, 3.8) is 0 Å². The Morgan fingerprint density at radius 3 is 2.56 bits per heavy atom. The average molecular weight is 221 g/mol. The molecule has 0 saturated heterocycles. The molecule has 1 N–H and O–H groups in total. The van der Waals surface area contributed by atoms with Crippen LogP contribution in [0.2, 0.25) is 0 Å². The van der Waals surface area contributed by atoms with Gasteiger partial charge in [0.1, 0.15) is 0 Å². The molecule has 0 aliphatic carbocycles. The summed E-state index contributed by atoms with van der Waals surface area (Å²) in [6.45, 7) is 3.25. The molecule has 0 aromatic heterocycles. The Bertz CT molecular complexity index is 477. The molecule has 0 aliphatic rings. The number of hydrogen-bond acceptors (Lipinski definition) is 3. The fourth-order valence-corrected chi connectivity index (χ4v) is 1.47. The first-order valence-electron chi connectivity index (χ1n) is 4.59. The van der Waals surface area contributed by atoms with E-state index in [1.807, 2.05) is 0 Å². The van der Waals surface area contributed by atoms with Crippen LogP contribution in [0, 0.1) is 24.0 Å². The Labute approximate surface area is 92.2 Å². The largest absolute Gasteiger partial charge is 0.478 e. The molecule has 5 heteroatoms. The topological polar surface area (TPSA) is 80.4 Å². The van der Waals surface area contributed by atoms with E-state index in [0.717, 1.165) is 6.08 Å². The van der Waals surface area contributed by atoms with Gasteiger partial charge in [-0.2, -0.15) is 0 Å². The van der Waals surface area contributed by atoms with E-state index in [1.54, 1.807) is 26.0 Å². The monoisotopic (exact) mass is 221 g/mol. The van der Waals surface area contributed by atoms with Crippen molar-refractivity contribution >= 4 is 17.7 Å². The number of nitro benzene ring substituents is 1. The highest BCUT2D eigenvalue weighted by Crippen LogP contribution is 2.26. The van der Waals surface area contributed by atoms with Crippen LogP contribution in [0.4, 0.5) is 5.69 Å². The second-order valence-electron chi connectivity index (χ2n) is 3.37. The fraction of sp³-hybridized carbons (Fsp3) is 0.182. The molecule has 0 saturated carbocycles. The Morgan fingerprint density at radius 2 is 2.06 bits per heavy atom. The Hall–Kier alpha value is -2.17. The number of hydrogen-bond donors (Lipinski definition) is 1. The highest BCUT2D eigenvalue weighted by Gasteiger charge is 2.16. The van der Waals surface area contributed by atoms with Crippen molar-refractivity contribution in [1.82, 2.24) is 0 Å². The van der Waals surface area contributed by atoms with Gasteiger partial charge >= 0.3 is 5.97 Å². The molecule has 0 radical (unpaired) electrons. The molecular formula is C11H11NO4. The summed E-state index contributed by atoms with van der Waals surface area (Å²) in [6, 6.07) is 3.27. The van der Waals surface area contributed by atoms with Crippen LogP contribution in [0.15, 0.2) is 18.2 Å². The van der Waals surface area contributed by atoms with E-state index in [2.05, 4.69) is 0 Å². The van der Waals surface area contributed by atoms with Crippen LogP contribution < -0.4 is 0 Å². The zero-order valence-electron chi connectivity index (χ0n) is 8.93. The fourth-order valence-electron chi connectivity index (χ4n) is 1.47. The number of carboxylic acids is 1. The molecular weight excluding hydrogens is 210 g/mol. The van der Waals surface area contributed by atoms with Crippen molar-refractivity contribution in [3.8, 4) is 0 Å². The predicted molar refractivity (Wildman–Crippen MR) is 59.2 cm³/mol. The minimum atomic E-state index is -1.08. The molecule has 84 valence electrons. The van der Waals surface area contributed by atoms with Gasteiger partial charge in [-0.15, -0.1) is 0 Å². The molecule has 1 aromatic rings. The van der Waals surface area contributed by atoms with Gasteiger partial charge < -0.3 is 5.11 Å². The molecule has 0 amide bonds. The minimum Gasteiger partial charge on any atom is -0.478 e. The summed E-state index contributed by atoms with van der Waals surface area (Å²) in [6.07, 6.45) is 2.31. The summed E-state index contributed by atoms with van der Waals surface area (Å²) < 4.78 is 0. The highest BCUT2D eigenvalue weighted by molar-refractivity contribution is 5.86. The van der Waals surface area contributed by atoms with E-state index < -0.39 is 10.9 Å². The van der Waals surface area contributed by atoms with Crippen LogP contribution in [-0.4, -0.2) is 16.0 Å². The normalized spacial score (nSPS) is 10.6. The van der Waals surface area contributed by atoms with Crippen LogP contribution in [0.3, 0.4) is 0 Å². The predicted octanol–water partition coefficient (Wildman–Crippen LogP) is 2.31. The third-order valence-corrected chi connectivity index (χ3v) is 2.26. The van der Waals surface area contributed by atoms with Gasteiger partial charge in [-0.25, -0.2) is 4.79 Å². The van der Waals surface area contributed by atoms with Crippen molar-refractivity contribution < 1.29 is 14.8 Å². The maximum Gasteiger partial charge on any atom is 0.328 e. The van der Waals surface area contributed by atoms with Crippen molar-refractivity contribution in [1.29, 1.82) is 0 Å². The zero-order valence-corrected chi connectivity index (χ0v) is 8.93. The zero-order chi connectivity index (χ0) is 12.3. The Balaban J connectivity index is 3.29. The maximum atomic E-state index is 10.8. The number of aryl methyl sites for hydroxylation is 1. The lowest BCUT2D eigenvalue weighted by molar-refractivity contribution is -0.386. The van der Waals surface area contributed by atoms with Crippen molar-refractivity contribution in [3.05, 3.63) is 45.0 Å². The van der Waals surface area contributed by atoms with E-state index in [-0.39, 0.29) is 5.69 Å². The van der Waals surface area contributed by atoms with Gasteiger partial charge in [0.2, 0.25) is 0 Å². The van der Waals surface area contributed by atoms with Crippen LogP contribution in [0.5, 0.6) is 0 Å². The van der Waals surface area contributed by atoms with Gasteiger partial charge in [0.25, 0.3) is 5.69 Å². The van der Waals surface area contributed by atoms with Gasteiger partial charge in [0.05, 0.1) is 4.92 Å². The molecule has 5 nitrogen and oxygen atoms in total. The van der Waals surface area contributed by atoms with Gasteiger partial charge in [-0.1, -0.05) is 12.1 Å². The van der Waals surface area contributed by atoms with E-state index in [0.29, 0.717) is 16.7 Å². The number of nitro groups is 1. The molecule has 0 fully saturated rings. The van der Waals surface area contributed by atoms with Crippen LogP contribution >= 0.6 is 0 Å². The maximum absolute atomic E-state index is 10.8. The summed E-state index contributed by atoms with van der Waals surface area (Å²) in [5, 5.41) is 19.3. The third kappa shape index (κ3) is 2.44. The number of nitrogens with zero attached hydrogens (tertiary/aromatic N) is 1. The molecule has 1 rings (SSSR count). The van der Waals surface area contributed by atoms with E-state index in [4.69, 9.17) is 5.11 Å². The summed E-state index contributed by atoms with van der Waals surface area (Å²) in [5.74, 6) is -1.08. The minimum absolute atomic E-state index is 0.0348. The lowest BCUT2D eigenvalue weighted by Gasteiger charge is -2.04. The first-order valence-corrected chi connectivity index (χ1v) is 4.59. The molecule has 1 aromatic carbocycles. The number of benzene rings is 1. The average Bonchev–Trinajstić information content (AvgIpc) is 2.15. The quantitative estimate of drug-likeness (QED) is 0.482. The summed E-state index contributed by atoms with van der Waals surface area (Å²) in [4.78, 5) is 20.7. The van der Waals surface area contributed by atoms with Crippen LogP contribution in [0.1, 0.15) is 16.7 Å². The van der Waals surface area contributed by atoms with Crippen molar-refractivity contribution in [2.24, 2.45) is 0 Å².